The van der Waals surface area contributed by atoms with Gasteiger partial charge in [-0.3, -0.25) is 0 Å². The summed E-state index contributed by atoms with van der Waals surface area (Å²) in [6.07, 6.45) is -1.26. The van der Waals surface area contributed by atoms with Crippen molar-refractivity contribution in [3.05, 3.63) is 0 Å². The van der Waals surface area contributed by atoms with E-state index in [2.05, 4.69) is 0 Å². The van der Waals surface area contributed by atoms with Gasteiger partial charge in [-0.15, -0.1) is 0 Å². The summed E-state index contributed by atoms with van der Waals surface area (Å²) in [5.74, 6) is -0.697. The molecule has 0 aromatic rings. The van der Waals surface area contributed by atoms with E-state index in [1.807, 2.05) is 0 Å². The first-order valence-electron chi connectivity index (χ1n) is 2.03. The van der Waals surface area contributed by atoms with Crippen molar-refractivity contribution in [3.63, 3.8) is 0 Å². The van der Waals surface area contributed by atoms with E-state index in [-0.39, 0.29) is 51.4 Å². The van der Waals surface area contributed by atoms with Gasteiger partial charge in [0.1, 0.15) is 0 Å². The molecule has 1 saturated heterocycles. The Balaban J connectivity index is 0.000000360. The van der Waals surface area contributed by atoms with Crippen molar-refractivity contribution in [3.8, 4) is 0 Å². The first kappa shape index (κ1) is 3.96. The fraction of sp³-hybridized carbons (Fsp3) is 1.00. The smallest absolute Gasteiger partial charge is 0.510 e. The molecule has 0 aromatic heterocycles. The third-order valence-corrected chi connectivity index (χ3v) is 0.734. The van der Waals surface area contributed by atoms with Gasteiger partial charge in [0.2, 0.25) is 0 Å². The monoisotopic (exact) mass is 118 g/mol. The second kappa shape index (κ2) is 3.08. The third-order valence-electron chi connectivity index (χ3n) is 0.245. The molecule has 0 bridgehead atoms. The molecule has 1 fully saturated rings. The van der Waals surface area contributed by atoms with Gasteiger partial charge in [-0.1, -0.05) is 5.85 Å². The molecule has 1 nitrogen and oxygen atoms in total. The van der Waals surface area contributed by atoms with Crippen LogP contribution in [-0.2, 0) is 0 Å². The molecule has 5 heavy (non-hydrogen) atoms. The molecule has 0 radical (unpaired) electrons. The van der Waals surface area contributed by atoms with Crippen LogP contribution < -0.4 is 51.4 Å². The zero-order valence-corrected chi connectivity index (χ0v) is 6.99. The van der Waals surface area contributed by atoms with Crippen molar-refractivity contribution in [1.82, 2.24) is 0 Å². The van der Waals surface area contributed by atoms with Gasteiger partial charge < -0.3 is 13.7 Å². The summed E-state index contributed by atoms with van der Waals surface area (Å²) in [5, 5.41) is 8.31. The zero-order valence-electron chi connectivity index (χ0n) is 4.97. The van der Waals surface area contributed by atoms with Crippen LogP contribution in [0.25, 0.3) is 0 Å². The van der Waals surface area contributed by atoms with Gasteiger partial charge in [0.25, 0.3) is 0 Å². The molecule has 1 heterocycles. The molecule has 1 aliphatic heterocycles. The largest absolute Gasteiger partial charge is 1.00 e. The standard InChI is InChI=1S/C2H4OP.K/c3-2-1-4-2;/h2-3H,1H2;/q-1;+1/i1T2;. The Hall–Kier alpha value is 2.03. The van der Waals surface area contributed by atoms with Crippen molar-refractivity contribution < 1.29 is 59.2 Å². The number of hydrogen-bond donors (Lipinski definition) is 1. The first-order chi connectivity index (χ1) is 2.63. The maximum atomic E-state index is 8.31. The van der Waals surface area contributed by atoms with E-state index in [1.165, 1.54) is 0 Å². The van der Waals surface area contributed by atoms with Crippen LogP contribution in [0.3, 0.4) is 0 Å². The predicted octanol–water partition coefficient (Wildman–Crippen LogP) is -2.73. The summed E-state index contributed by atoms with van der Waals surface area (Å²) >= 11 is 0. The molecule has 24 valence electrons. The Labute approximate surface area is 78.5 Å². The zero-order chi connectivity index (χ0) is 4.78. The van der Waals surface area contributed by atoms with E-state index in [0.717, 1.165) is 0 Å². The molecule has 0 aromatic carbocycles. The summed E-state index contributed by atoms with van der Waals surface area (Å²) < 4.78 is 13.3. The average molecular weight is 118 g/mol. The van der Waals surface area contributed by atoms with Gasteiger partial charge in [-0.05, 0) is 2.74 Å². The van der Waals surface area contributed by atoms with E-state index in [4.69, 9.17) is 7.85 Å². The molecule has 0 aliphatic carbocycles. The van der Waals surface area contributed by atoms with Gasteiger partial charge in [0.05, 0.1) is 0 Å². The van der Waals surface area contributed by atoms with Gasteiger partial charge in [0, 0.05) is 0 Å². The first-order valence-corrected chi connectivity index (χ1v) is 1.99. The van der Waals surface area contributed by atoms with Crippen LogP contribution in [0.5, 0.6) is 0 Å². The minimum atomic E-state index is -1.26. The Kier molecular flexibility index (Phi) is 2.44. The maximum Gasteiger partial charge on any atom is 1.00 e. The Morgan fingerprint density at radius 1 is 2.20 bits per heavy atom. The molecule has 1 aliphatic rings. The van der Waals surface area contributed by atoms with Crippen LogP contribution in [0.15, 0.2) is 0 Å². The van der Waals surface area contributed by atoms with E-state index in [1.54, 1.807) is 0 Å². The third kappa shape index (κ3) is 3.87. The summed E-state index contributed by atoms with van der Waals surface area (Å²) in [5.41, 5.74) is 0. The number of hydrogen-bond acceptors (Lipinski definition) is 1. The van der Waals surface area contributed by atoms with Crippen LogP contribution in [-0.4, -0.2) is 17.1 Å². The van der Waals surface area contributed by atoms with E-state index < -0.39 is 12.0 Å². The second-order valence-corrected chi connectivity index (χ2v) is 1.64. The molecule has 1 unspecified atom stereocenters. The van der Waals surface area contributed by atoms with Gasteiger partial charge in [0.15, 0.2) is 0 Å². The fourth-order valence-electron chi connectivity index (χ4n) is 0.0333. The van der Waals surface area contributed by atoms with E-state index in [9.17, 15) is 0 Å². The van der Waals surface area contributed by atoms with Gasteiger partial charge >= 0.3 is 51.4 Å². The normalized spacial score (nSPS) is 52.6. The Morgan fingerprint density at radius 3 is 2.40 bits per heavy atom. The number of aliphatic hydroxyl groups excluding tert-OH is 1. The van der Waals surface area contributed by atoms with E-state index >= 15 is 0 Å². The molecule has 1 N–H and O–H groups in total. The topological polar surface area (TPSA) is 20.2 Å². The Morgan fingerprint density at radius 2 is 2.40 bits per heavy atom. The van der Waals surface area contributed by atoms with Crippen molar-refractivity contribution >= 4 is 8.58 Å². The van der Waals surface area contributed by atoms with Crippen molar-refractivity contribution in [2.24, 2.45) is 0 Å². The van der Waals surface area contributed by atoms with Crippen LogP contribution in [0.1, 0.15) is 2.74 Å². The van der Waals surface area contributed by atoms with Crippen LogP contribution in [0.2, 0.25) is 0 Å². The van der Waals surface area contributed by atoms with Crippen LogP contribution in [0.4, 0.5) is 0 Å². The molecule has 0 spiro atoms. The van der Waals surface area contributed by atoms with Crippen molar-refractivity contribution in [2.45, 2.75) is 5.85 Å². The molecule has 0 saturated carbocycles. The molecule has 3 heteroatoms. The molecule has 0 amide bonds. The quantitative estimate of drug-likeness (QED) is 0.270. The summed E-state index contributed by atoms with van der Waals surface area (Å²) in [7, 11) is 0.530. The van der Waals surface area contributed by atoms with Crippen molar-refractivity contribution in [1.29, 1.82) is 0 Å². The molecule has 1 rings (SSSR count). The summed E-state index contributed by atoms with van der Waals surface area (Å²) in [4.78, 5) is 0. The summed E-state index contributed by atoms with van der Waals surface area (Å²) in [6.45, 7) is 0. The Bertz CT molecular complexity index is 78.1. The minimum Gasteiger partial charge on any atom is -0.510 e. The molecular weight excluding hydrogens is 110 g/mol. The van der Waals surface area contributed by atoms with Gasteiger partial charge in [-0.25, -0.2) is 0 Å². The van der Waals surface area contributed by atoms with E-state index in [0.29, 0.717) is 8.58 Å². The fourth-order valence-corrected chi connectivity index (χ4v) is 0.100. The number of aliphatic hydroxyl groups is 1. The number of rotatable bonds is 0. The maximum absolute atomic E-state index is 8.31. The second-order valence-electron chi connectivity index (χ2n) is 0.632. The molecule has 1 atom stereocenters. The van der Waals surface area contributed by atoms with Crippen molar-refractivity contribution in [2.75, 3.05) is 6.11 Å². The summed E-state index contributed by atoms with van der Waals surface area (Å²) in [6, 6.07) is 0. The SMILES string of the molecule is [3H]C1([3H])[P-]C1O.[K+]. The average Bonchev–Trinajstić information content (AvgIpc) is 1.73. The molecular formula is C2H4KOP. The minimum absolute atomic E-state index is 0. The van der Waals surface area contributed by atoms with Crippen LogP contribution >= 0.6 is 8.58 Å². The van der Waals surface area contributed by atoms with Crippen LogP contribution in [0, 0.1) is 0 Å². The van der Waals surface area contributed by atoms with Gasteiger partial charge in [-0.2, -0.15) is 6.11 Å². The predicted molar refractivity (Wildman–Crippen MR) is 17.8 cm³/mol.